The van der Waals surface area contributed by atoms with Crippen molar-refractivity contribution in [1.82, 2.24) is 19.7 Å². The van der Waals surface area contributed by atoms with Gasteiger partial charge in [-0.3, -0.25) is 4.79 Å². The first kappa shape index (κ1) is 13.2. The number of nitrogens with two attached hydrogens (primary N) is 1. The predicted octanol–water partition coefficient (Wildman–Crippen LogP) is 0.584. The number of amides is 1. The van der Waals surface area contributed by atoms with Crippen molar-refractivity contribution in [3.8, 4) is 5.82 Å². The Morgan fingerprint density at radius 2 is 2.26 bits per heavy atom. The van der Waals surface area contributed by atoms with Gasteiger partial charge in [-0.15, -0.1) is 0 Å². The molecule has 1 atom stereocenters. The largest absolute Gasteiger partial charge is 0.322 e. The monoisotopic (exact) mass is 260 g/mol. The molecule has 0 saturated heterocycles. The van der Waals surface area contributed by atoms with Gasteiger partial charge in [0.1, 0.15) is 12.7 Å². The maximum atomic E-state index is 12.0. The Morgan fingerprint density at radius 3 is 2.89 bits per heavy atom. The van der Waals surface area contributed by atoms with E-state index >= 15 is 0 Å². The van der Waals surface area contributed by atoms with Crippen molar-refractivity contribution < 1.29 is 4.79 Å². The smallest absolute Gasteiger partial charge is 0.241 e. The summed E-state index contributed by atoms with van der Waals surface area (Å²) in [6.07, 6.45) is 4.54. The van der Waals surface area contributed by atoms with Crippen LogP contribution in [0, 0.1) is 5.92 Å². The number of pyridine rings is 1. The average Bonchev–Trinajstić information content (AvgIpc) is 2.92. The van der Waals surface area contributed by atoms with Gasteiger partial charge in [0.25, 0.3) is 0 Å². The number of anilines is 1. The zero-order valence-electron chi connectivity index (χ0n) is 10.8. The van der Waals surface area contributed by atoms with Gasteiger partial charge in [-0.05, 0) is 18.1 Å². The first-order chi connectivity index (χ1) is 9.09. The van der Waals surface area contributed by atoms with E-state index < -0.39 is 6.04 Å². The lowest BCUT2D eigenvalue weighted by molar-refractivity contribution is -0.118. The van der Waals surface area contributed by atoms with Gasteiger partial charge in [-0.1, -0.05) is 13.8 Å². The van der Waals surface area contributed by atoms with Gasteiger partial charge in [0.05, 0.1) is 11.7 Å². The van der Waals surface area contributed by atoms with E-state index in [9.17, 15) is 4.79 Å². The average molecular weight is 260 g/mol. The Kier molecular flexibility index (Phi) is 3.86. The third kappa shape index (κ3) is 2.94. The lowest BCUT2D eigenvalue weighted by Gasteiger charge is -2.16. The Balaban J connectivity index is 2.24. The van der Waals surface area contributed by atoms with E-state index in [2.05, 4.69) is 20.4 Å². The maximum absolute atomic E-state index is 12.0. The van der Waals surface area contributed by atoms with Crippen molar-refractivity contribution in [2.45, 2.75) is 19.9 Å². The third-order valence-electron chi connectivity index (χ3n) is 2.70. The summed E-state index contributed by atoms with van der Waals surface area (Å²) >= 11 is 0. The minimum atomic E-state index is -0.566. The quantitative estimate of drug-likeness (QED) is 0.838. The molecule has 0 radical (unpaired) electrons. The molecule has 0 aromatic carbocycles. The highest BCUT2D eigenvalue weighted by Crippen LogP contribution is 2.16. The van der Waals surface area contributed by atoms with Crippen molar-refractivity contribution in [3.05, 3.63) is 31.0 Å². The number of carbonyl (C=O) groups is 1. The summed E-state index contributed by atoms with van der Waals surface area (Å²) in [5.41, 5.74) is 6.36. The van der Waals surface area contributed by atoms with E-state index in [-0.39, 0.29) is 11.8 Å². The molecule has 19 heavy (non-hydrogen) atoms. The van der Waals surface area contributed by atoms with Gasteiger partial charge < -0.3 is 11.1 Å². The highest BCUT2D eigenvalue weighted by Gasteiger charge is 2.19. The number of rotatable bonds is 4. The molecule has 1 amide bonds. The number of aromatic nitrogens is 4. The second kappa shape index (κ2) is 5.57. The highest BCUT2D eigenvalue weighted by molar-refractivity contribution is 5.96. The minimum Gasteiger partial charge on any atom is -0.322 e. The second-order valence-corrected chi connectivity index (χ2v) is 4.47. The molecule has 3 N–H and O–H groups in total. The SMILES string of the molecule is CC(C)[C@@H](N)C(=O)Nc1cccnc1-n1cncn1. The van der Waals surface area contributed by atoms with E-state index in [1.807, 2.05) is 13.8 Å². The molecule has 0 saturated carbocycles. The fraction of sp³-hybridized carbons (Fsp3) is 0.333. The van der Waals surface area contributed by atoms with Gasteiger partial charge in [-0.25, -0.2) is 14.6 Å². The van der Waals surface area contributed by atoms with Crippen LogP contribution in [-0.4, -0.2) is 31.7 Å². The number of carbonyl (C=O) groups excluding carboxylic acids is 1. The molecule has 7 heteroatoms. The summed E-state index contributed by atoms with van der Waals surface area (Å²) in [7, 11) is 0. The lowest BCUT2D eigenvalue weighted by Crippen LogP contribution is -2.40. The fourth-order valence-electron chi connectivity index (χ4n) is 1.51. The number of nitrogens with one attached hydrogen (secondary N) is 1. The Morgan fingerprint density at radius 1 is 1.47 bits per heavy atom. The maximum Gasteiger partial charge on any atom is 0.241 e. The van der Waals surface area contributed by atoms with Crippen molar-refractivity contribution in [1.29, 1.82) is 0 Å². The zero-order valence-corrected chi connectivity index (χ0v) is 10.8. The molecule has 2 aromatic heterocycles. The molecule has 0 fully saturated rings. The van der Waals surface area contributed by atoms with E-state index in [4.69, 9.17) is 5.73 Å². The van der Waals surface area contributed by atoms with Crippen LogP contribution in [0.2, 0.25) is 0 Å². The summed E-state index contributed by atoms with van der Waals surface area (Å²) in [5, 5.41) is 6.76. The van der Waals surface area contributed by atoms with Gasteiger partial charge in [0.2, 0.25) is 5.91 Å². The van der Waals surface area contributed by atoms with Crippen LogP contribution in [0.4, 0.5) is 5.69 Å². The first-order valence-corrected chi connectivity index (χ1v) is 5.96. The van der Waals surface area contributed by atoms with E-state index in [1.54, 1.807) is 18.3 Å². The summed E-state index contributed by atoms with van der Waals surface area (Å²) in [5.74, 6) is 0.320. The van der Waals surface area contributed by atoms with Crippen LogP contribution in [0.5, 0.6) is 0 Å². The van der Waals surface area contributed by atoms with Crippen LogP contribution in [0.3, 0.4) is 0 Å². The second-order valence-electron chi connectivity index (χ2n) is 4.47. The number of hydrogen-bond donors (Lipinski definition) is 2. The van der Waals surface area contributed by atoms with Crippen molar-refractivity contribution >= 4 is 11.6 Å². The van der Waals surface area contributed by atoms with Crippen LogP contribution in [0.15, 0.2) is 31.0 Å². The summed E-state index contributed by atoms with van der Waals surface area (Å²) in [6, 6.07) is 2.91. The molecule has 2 aromatic rings. The normalized spacial score (nSPS) is 12.4. The van der Waals surface area contributed by atoms with Crippen molar-refractivity contribution in [2.24, 2.45) is 11.7 Å². The number of hydrogen-bond acceptors (Lipinski definition) is 5. The Bertz CT molecular complexity index is 551. The van der Waals surface area contributed by atoms with Gasteiger partial charge in [0.15, 0.2) is 5.82 Å². The zero-order chi connectivity index (χ0) is 13.8. The van der Waals surface area contributed by atoms with E-state index in [0.717, 1.165) is 0 Å². The summed E-state index contributed by atoms with van der Waals surface area (Å²) in [6.45, 7) is 3.79. The minimum absolute atomic E-state index is 0.0616. The molecule has 7 nitrogen and oxygen atoms in total. The predicted molar refractivity (Wildman–Crippen MR) is 70.6 cm³/mol. The molecule has 2 rings (SSSR count). The molecule has 0 aliphatic heterocycles. The number of nitrogens with zero attached hydrogens (tertiary/aromatic N) is 4. The van der Waals surface area contributed by atoms with Gasteiger partial charge in [0, 0.05) is 6.20 Å². The van der Waals surface area contributed by atoms with Crippen LogP contribution in [0.25, 0.3) is 5.82 Å². The molecule has 0 aliphatic carbocycles. The Labute approximate surface area is 110 Å². The fourth-order valence-corrected chi connectivity index (χ4v) is 1.51. The van der Waals surface area contributed by atoms with Crippen LogP contribution in [-0.2, 0) is 4.79 Å². The molecular formula is C12H16N6O. The lowest BCUT2D eigenvalue weighted by atomic mass is 10.1. The molecule has 0 spiro atoms. The highest BCUT2D eigenvalue weighted by atomic mass is 16.2. The van der Waals surface area contributed by atoms with Crippen molar-refractivity contribution in [2.75, 3.05) is 5.32 Å². The standard InChI is InChI=1S/C12H16N6O/c1-8(2)10(13)12(19)17-9-4-3-5-15-11(9)18-7-14-6-16-18/h3-8,10H,13H2,1-2H3,(H,17,19)/t10-/m1/s1. The molecule has 0 aliphatic rings. The van der Waals surface area contributed by atoms with Gasteiger partial charge >= 0.3 is 0 Å². The van der Waals surface area contributed by atoms with Gasteiger partial charge in [-0.2, -0.15) is 5.10 Å². The molecule has 100 valence electrons. The first-order valence-electron chi connectivity index (χ1n) is 5.96. The topological polar surface area (TPSA) is 98.7 Å². The van der Waals surface area contributed by atoms with Crippen LogP contribution in [0.1, 0.15) is 13.8 Å². The van der Waals surface area contributed by atoms with Crippen molar-refractivity contribution in [3.63, 3.8) is 0 Å². The molecule has 0 bridgehead atoms. The summed E-state index contributed by atoms with van der Waals surface area (Å²) in [4.78, 5) is 20.0. The Hall–Kier alpha value is -2.28. The molecule has 2 heterocycles. The molecular weight excluding hydrogens is 244 g/mol. The van der Waals surface area contributed by atoms with E-state index in [1.165, 1.54) is 17.3 Å². The van der Waals surface area contributed by atoms with E-state index in [0.29, 0.717) is 11.5 Å². The molecule has 0 unspecified atom stereocenters. The van der Waals surface area contributed by atoms with Crippen LogP contribution >= 0.6 is 0 Å². The third-order valence-corrected chi connectivity index (χ3v) is 2.70. The summed E-state index contributed by atoms with van der Waals surface area (Å²) < 4.78 is 1.48. The van der Waals surface area contributed by atoms with Crippen LogP contribution < -0.4 is 11.1 Å².